The third-order valence-corrected chi connectivity index (χ3v) is 3.17. The Morgan fingerprint density at radius 1 is 1.62 bits per heavy atom. The maximum atomic E-state index is 11.7. The van der Waals surface area contributed by atoms with E-state index < -0.39 is 4.92 Å². The van der Waals surface area contributed by atoms with Gasteiger partial charge in [0.25, 0.3) is 11.2 Å². The second-order valence-electron chi connectivity index (χ2n) is 3.31. The van der Waals surface area contributed by atoms with Crippen LogP contribution in [0.5, 0.6) is 0 Å². The number of aromatic nitrogens is 1. The highest BCUT2D eigenvalue weighted by molar-refractivity contribution is 9.10. The number of nitro groups is 1. The van der Waals surface area contributed by atoms with E-state index in [1.54, 1.807) is 14.0 Å². The number of nitrogens with one attached hydrogen (secondary N) is 1. The molecule has 0 aliphatic rings. The molecule has 1 rings (SSSR count). The first-order valence-electron chi connectivity index (χ1n) is 4.67. The molecule has 1 aromatic rings. The molecule has 6 nitrogen and oxygen atoms in total. The lowest BCUT2D eigenvalue weighted by Crippen LogP contribution is -2.26. The molecule has 0 aliphatic heterocycles. The van der Waals surface area contributed by atoms with Gasteiger partial charge in [0.1, 0.15) is 0 Å². The van der Waals surface area contributed by atoms with Gasteiger partial charge in [0, 0.05) is 18.7 Å². The van der Waals surface area contributed by atoms with Crippen molar-refractivity contribution in [3.05, 3.63) is 36.7 Å². The number of hydrogen-bond donors (Lipinski definition) is 1. The van der Waals surface area contributed by atoms with Gasteiger partial charge in [-0.15, -0.1) is 0 Å². The van der Waals surface area contributed by atoms with Gasteiger partial charge in [-0.05, 0) is 29.9 Å². The monoisotopic (exact) mass is 289 g/mol. The first kappa shape index (κ1) is 12.9. The molecule has 0 aromatic carbocycles. The zero-order valence-corrected chi connectivity index (χ0v) is 10.6. The van der Waals surface area contributed by atoms with Gasteiger partial charge in [0.15, 0.2) is 0 Å². The van der Waals surface area contributed by atoms with E-state index in [0.717, 1.165) is 0 Å². The molecule has 0 saturated heterocycles. The predicted molar refractivity (Wildman–Crippen MR) is 63.7 cm³/mol. The normalized spacial score (nSPS) is 10.4. The minimum absolute atomic E-state index is 0.0532. The Kier molecular flexibility index (Phi) is 4.19. The van der Waals surface area contributed by atoms with E-state index in [1.807, 2.05) is 0 Å². The largest absolute Gasteiger partial charge is 0.318 e. The first-order chi connectivity index (χ1) is 7.49. The maximum Gasteiger partial charge on any atom is 0.289 e. The smallest absolute Gasteiger partial charge is 0.289 e. The van der Waals surface area contributed by atoms with Crippen LogP contribution in [0.15, 0.2) is 15.5 Å². The minimum atomic E-state index is -0.491. The van der Waals surface area contributed by atoms with E-state index in [1.165, 1.54) is 10.8 Å². The summed E-state index contributed by atoms with van der Waals surface area (Å²) in [7, 11) is 1.75. The second kappa shape index (κ2) is 5.22. The average Bonchev–Trinajstić information content (AvgIpc) is 2.24. The lowest BCUT2D eigenvalue weighted by atomic mass is 10.2. The lowest BCUT2D eigenvalue weighted by Gasteiger charge is -2.07. The Labute approximate surface area is 101 Å². The molecule has 16 heavy (non-hydrogen) atoms. The Morgan fingerprint density at radius 2 is 2.25 bits per heavy atom. The predicted octanol–water partition coefficient (Wildman–Crippen LogP) is 1.05. The van der Waals surface area contributed by atoms with Gasteiger partial charge in [0.05, 0.1) is 15.6 Å². The van der Waals surface area contributed by atoms with Crippen molar-refractivity contribution >= 4 is 21.6 Å². The van der Waals surface area contributed by atoms with Gasteiger partial charge >= 0.3 is 0 Å². The molecule has 1 heterocycles. The Morgan fingerprint density at radius 3 is 2.75 bits per heavy atom. The molecule has 0 atom stereocenters. The summed E-state index contributed by atoms with van der Waals surface area (Å²) in [5, 5.41) is 13.6. The fourth-order valence-corrected chi connectivity index (χ4v) is 1.72. The Hall–Kier alpha value is -1.21. The van der Waals surface area contributed by atoms with Gasteiger partial charge in [-0.1, -0.05) is 0 Å². The van der Waals surface area contributed by atoms with Gasteiger partial charge < -0.3 is 9.88 Å². The number of pyridine rings is 1. The maximum absolute atomic E-state index is 11.7. The van der Waals surface area contributed by atoms with Crippen molar-refractivity contribution in [2.45, 2.75) is 13.5 Å². The zero-order valence-electron chi connectivity index (χ0n) is 8.99. The summed E-state index contributed by atoms with van der Waals surface area (Å²) in [6.45, 7) is 2.52. The van der Waals surface area contributed by atoms with Gasteiger partial charge in [-0.2, -0.15) is 0 Å². The van der Waals surface area contributed by atoms with E-state index >= 15 is 0 Å². The summed E-state index contributed by atoms with van der Waals surface area (Å²) in [5.41, 5.74) is 0.0524. The second-order valence-corrected chi connectivity index (χ2v) is 4.11. The van der Waals surface area contributed by atoms with Crippen LogP contribution in [-0.4, -0.2) is 23.1 Å². The Balaban J connectivity index is 3.30. The summed E-state index contributed by atoms with van der Waals surface area (Å²) >= 11 is 3.08. The van der Waals surface area contributed by atoms with Gasteiger partial charge in [-0.3, -0.25) is 14.9 Å². The first-order valence-corrected chi connectivity index (χ1v) is 5.47. The molecule has 0 saturated carbocycles. The van der Waals surface area contributed by atoms with Crippen molar-refractivity contribution in [3.8, 4) is 0 Å². The van der Waals surface area contributed by atoms with Gasteiger partial charge in [0.2, 0.25) is 0 Å². The lowest BCUT2D eigenvalue weighted by molar-refractivity contribution is -0.386. The number of rotatable bonds is 4. The summed E-state index contributed by atoms with van der Waals surface area (Å²) < 4.78 is 1.57. The molecular formula is C9H12BrN3O3. The van der Waals surface area contributed by atoms with Crippen LogP contribution < -0.4 is 10.9 Å². The van der Waals surface area contributed by atoms with Crippen LogP contribution in [0.25, 0.3) is 0 Å². The highest BCUT2D eigenvalue weighted by Gasteiger charge is 2.17. The quantitative estimate of drug-likeness (QED) is 0.664. The number of likely N-dealkylation sites (N-methyl/N-ethyl adjacent to an activating group) is 1. The molecular weight excluding hydrogens is 278 g/mol. The van der Waals surface area contributed by atoms with Gasteiger partial charge in [-0.25, -0.2) is 0 Å². The van der Waals surface area contributed by atoms with E-state index in [2.05, 4.69) is 21.2 Å². The number of hydrogen-bond acceptors (Lipinski definition) is 4. The fraction of sp³-hybridized carbons (Fsp3) is 0.444. The van der Waals surface area contributed by atoms with Crippen LogP contribution in [-0.2, 0) is 6.54 Å². The highest BCUT2D eigenvalue weighted by atomic mass is 79.9. The Bertz CT molecular complexity index is 470. The minimum Gasteiger partial charge on any atom is -0.318 e. The molecule has 7 heteroatoms. The SMILES string of the molecule is CNCCn1cc([N+](=O)[O-])c(C)c(Br)c1=O. The third kappa shape index (κ3) is 2.48. The standard InChI is InChI=1S/C9H12BrN3O3/c1-6-7(13(15)16)5-12(4-3-11-2)9(14)8(6)10/h5,11H,3-4H2,1-2H3. The topological polar surface area (TPSA) is 77.2 Å². The molecule has 1 aromatic heterocycles. The molecule has 0 unspecified atom stereocenters. The van der Waals surface area contributed by atoms with Crippen molar-refractivity contribution < 1.29 is 4.92 Å². The van der Waals surface area contributed by atoms with Crippen LogP contribution in [0, 0.1) is 17.0 Å². The van der Waals surface area contributed by atoms with Crippen LogP contribution >= 0.6 is 15.9 Å². The van der Waals surface area contributed by atoms with Crippen molar-refractivity contribution in [2.24, 2.45) is 0 Å². The molecule has 0 spiro atoms. The molecule has 0 radical (unpaired) electrons. The molecule has 1 N–H and O–H groups in total. The molecule has 0 fully saturated rings. The highest BCUT2D eigenvalue weighted by Crippen LogP contribution is 2.21. The van der Waals surface area contributed by atoms with E-state index in [4.69, 9.17) is 0 Å². The van der Waals surface area contributed by atoms with Crippen molar-refractivity contribution in [1.82, 2.24) is 9.88 Å². The van der Waals surface area contributed by atoms with E-state index in [9.17, 15) is 14.9 Å². The molecule has 88 valence electrons. The summed E-state index contributed by atoms with van der Waals surface area (Å²) in [6, 6.07) is 0. The summed E-state index contributed by atoms with van der Waals surface area (Å²) in [6.07, 6.45) is 1.28. The summed E-state index contributed by atoms with van der Waals surface area (Å²) in [5.74, 6) is 0. The third-order valence-electron chi connectivity index (χ3n) is 2.24. The van der Waals surface area contributed by atoms with Crippen molar-refractivity contribution in [1.29, 1.82) is 0 Å². The van der Waals surface area contributed by atoms with Crippen LogP contribution in [0.2, 0.25) is 0 Å². The van der Waals surface area contributed by atoms with E-state index in [0.29, 0.717) is 18.7 Å². The fourth-order valence-electron chi connectivity index (χ4n) is 1.28. The summed E-state index contributed by atoms with van der Waals surface area (Å²) in [4.78, 5) is 22.0. The molecule has 0 aliphatic carbocycles. The average molecular weight is 290 g/mol. The van der Waals surface area contributed by atoms with Crippen molar-refractivity contribution in [2.75, 3.05) is 13.6 Å². The van der Waals surface area contributed by atoms with E-state index in [-0.39, 0.29) is 15.7 Å². The molecule has 0 amide bonds. The van der Waals surface area contributed by atoms with Crippen LogP contribution in [0.1, 0.15) is 5.56 Å². The van der Waals surface area contributed by atoms with Crippen LogP contribution in [0.3, 0.4) is 0 Å². The number of halogens is 1. The van der Waals surface area contributed by atoms with Crippen LogP contribution in [0.4, 0.5) is 5.69 Å². The molecule has 0 bridgehead atoms. The number of nitrogens with zero attached hydrogens (tertiary/aromatic N) is 2. The zero-order chi connectivity index (χ0) is 12.3. The van der Waals surface area contributed by atoms with Crippen molar-refractivity contribution in [3.63, 3.8) is 0 Å².